The van der Waals surface area contributed by atoms with Crippen LogP contribution >= 0.6 is 11.6 Å². The largest absolute Gasteiger partial charge is 0.301 e. The second kappa shape index (κ2) is 6.81. The number of aromatic nitrogens is 1. The summed E-state index contributed by atoms with van der Waals surface area (Å²) in [4.78, 5) is 6.55. The number of rotatable bonds is 6. The first-order valence-corrected chi connectivity index (χ1v) is 5.90. The van der Waals surface area contributed by atoms with Crippen LogP contribution in [0.1, 0.15) is 31.9 Å². The van der Waals surface area contributed by atoms with Crippen LogP contribution in [0.5, 0.6) is 0 Å². The molecule has 0 saturated carbocycles. The predicted octanol–water partition coefficient (Wildman–Crippen LogP) is 3.36. The Morgan fingerprint density at radius 2 is 2.13 bits per heavy atom. The van der Waals surface area contributed by atoms with Crippen molar-refractivity contribution in [1.29, 1.82) is 0 Å². The fourth-order valence-corrected chi connectivity index (χ4v) is 1.71. The first kappa shape index (κ1) is 12.5. The summed E-state index contributed by atoms with van der Waals surface area (Å²) in [6, 6.07) is 5.77. The Labute approximate surface area is 97.3 Å². The zero-order chi connectivity index (χ0) is 11.1. The number of halogens is 1. The third-order valence-corrected chi connectivity index (χ3v) is 2.56. The van der Waals surface area contributed by atoms with Crippen LogP contribution in [0.3, 0.4) is 0 Å². The van der Waals surface area contributed by atoms with Crippen molar-refractivity contribution in [2.75, 3.05) is 13.6 Å². The van der Waals surface area contributed by atoms with Gasteiger partial charge in [0.1, 0.15) is 5.15 Å². The lowest BCUT2D eigenvalue weighted by Crippen LogP contribution is -2.19. The minimum atomic E-state index is 0.578. The standard InChI is InChI=1S/C12H19ClN2/c1-3-4-5-9-15(2)10-11-7-6-8-12(13)14-11/h6-8H,3-5,9-10H2,1-2H3. The number of nitrogens with zero attached hydrogens (tertiary/aromatic N) is 2. The third kappa shape index (κ3) is 5.14. The van der Waals surface area contributed by atoms with Gasteiger partial charge < -0.3 is 4.90 Å². The minimum absolute atomic E-state index is 0.578. The second-order valence-corrected chi connectivity index (χ2v) is 4.28. The molecule has 0 radical (unpaired) electrons. The van der Waals surface area contributed by atoms with E-state index in [9.17, 15) is 0 Å². The van der Waals surface area contributed by atoms with Crippen LogP contribution in [-0.4, -0.2) is 23.5 Å². The van der Waals surface area contributed by atoms with E-state index in [-0.39, 0.29) is 0 Å². The molecule has 0 fully saturated rings. The van der Waals surface area contributed by atoms with Crippen molar-refractivity contribution in [3.05, 3.63) is 29.0 Å². The average Bonchev–Trinajstić information content (AvgIpc) is 2.18. The third-order valence-electron chi connectivity index (χ3n) is 2.35. The monoisotopic (exact) mass is 226 g/mol. The minimum Gasteiger partial charge on any atom is -0.301 e. The van der Waals surface area contributed by atoms with Crippen molar-refractivity contribution in [2.24, 2.45) is 0 Å². The van der Waals surface area contributed by atoms with Crippen molar-refractivity contribution < 1.29 is 0 Å². The smallest absolute Gasteiger partial charge is 0.129 e. The van der Waals surface area contributed by atoms with E-state index >= 15 is 0 Å². The highest BCUT2D eigenvalue weighted by Gasteiger charge is 2.01. The normalized spacial score (nSPS) is 10.9. The molecule has 0 amide bonds. The Morgan fingerprint density at radius 1 is 1.33 bits per heavy atom. The van der Waals surface area contributed by atoms with Gasteiger partial charge in [0.15, 0.2) is 0 Å². The number of unbranched alkanes of at least 4 members (excludes halogenated alkanes) is 2. The summed E-state index contributed by atoms with van der Waals surface area (Å²) in [5.74, 6) is 0. The second-order valence-electron chi connectivity index (χ2n) is 3.90. The molecule has 1 rings (SSSR count). The van der Waals surface area contributed by atoms with Crippen LogP contribution in [0.4, 0.5) is 0 Å². The molecule has 1 aromatic rings. The van der Waals surface area contributed by atoms with Gasteiger partial charge in [-0.15, -0.1) is 0 Å². The first-order chi connectivity index (χ1) is 7.22. The van der Waals surface area contributed by atoms with Crippen molar-refractivity contribution in [1.82, 2.24) is 9.88 Å². The van der Waals surface area contributed by atoms with Gasteiger partial charge >= 0.3 is 0 Å². The topological polar surface area (TPSA) is 16.1 Å². The average molecular weight is 227 g/mol. The van der Waals surface area contributed by atoms with Gasteiger partial charge in [-0.05, 0) is 32.1 Å². The molecule has 3 heteroatoms. The lowest BCUT2D eigenvalue weighted by atomic mass is 10.2. The summed E-state index contributed by atoms with van der Waals surface area (Å²) in [6.07, 6.45) is 3.82. The van der Waals surface area contributed by atoms with Gasteiger partial charge in [0.05, 0.1) is 5.69 Å². The SMILES string of the molecule is CCCCCN(C)Cc1cccc(Cl)n1. The van der Waals surface area contributed by atoms with E-state index in [1.54, 1.807) is 0 Å². The van der Waals surface area contributed by atoms with Gasteiger partial charge in [-0.1, -0.05) is 37.4 Å². The van der Waals surface area contributed by atoms with Gasteiger partial charge in [0.25, 0.3) is 0 Å². The molecule has 0 bridgehead atoms. The highest BCUT2D eigenvalue weighted by molar-refractivity contribution is 6.29. The number of hydrogen-bond donors (Lipinski definition) is 0. The maximum absolute atomic E-state index is 5.83. The van der Waals surface area contributed by atoms with Gasteiger partial charge in [-0.25, -0.2) is 4.98 Å². The molecule has 0 aliphatic rings. The number of hydrogen-bond acceptors (Lipinski definition) is 2. The predicted molar refractivity (Wildman–Crippen MR) is 65.1 cm³/mol. The molecule has 0 saturated heterocycles. The zero-order valence-electron chi connectivity index (χ0n) is 9.54. The van der Waals surface area contributed by atoms with E-state index in [1.807, 2.05) is 18.2 Å². The zero-order valence-corrected chi connectivity index (χ0v) is 10.3. The quantitative estimate of drug-likeness (QED) is 0.546. The molecule has 0 N–H and O–H groups in total. The Morgan fingerprint density at radius 3 is 2.80 bits per heavy atom. The van der Waals surface area contributed by atoms with E-state index in [2.05, 4.69) is 23.9 Å². The molecule has 0 aliphatic heterocycles. The Kier molecular flexibility index (Phi) is 5.66. The Bertz CT molecular complexity index is 289. The molecular formula is C12H19ClN2. The molecule has 0 aromatic carbocycles. The Balaban J connectivity index is 2.34. The van der Waals surface area contributed by atoms with Crippen molar-refractivity contribution in [2.45, 2.75) is 32.7 Å². The summed E-state index contributed by atoms with van der Waals surface area (Å²) >= 11 is 5.83. The van der Waals surface area contributed by atoms with Crippen LogP contribution in [0.15, 0.2) is 18.2 Å². The lowest BCUT2D eigenvalue weighted by Gasteiger charge is -2.15. The van der Waals surface area contributed by atoms with E-state index in [0.717, 1.165) is 18.8 Å². The molecule has 1 aromatic heterocycles. The van der Waals surface area contributed by atoms with Gasteiger partial charge in [0, 0.05) is 6.54 Å². The van der Waals surface area contributed by atoms with Crippen LogP contribution < -0.4 is 0 Å². The maximum Gasteiger partial charge on any atom is 0.129 e. The van der Waals surface area contributed by atoms with Crippen LogP contribution in [-0.2, 0) is 6.54 Å². The molecule has 2 nitrogen and oxygen atoms in total. The van der Waals surface area contributed by atoms with Crippen molar-refractivity contribution >= 4 is 11.6 Å². The molecular weight excluding hydrogens is 208 g/mol. The molecule has 0 atom stereocenters. The van der Waals surface area contributed by atoms with Gasteiger partial charge in [-0.3, -0.25) is 0 Å². The van der Waals surface area contributed by atoms with Gasteiger partial charge in [0.2, 0.25) is 0 Å². The summed E-state index contributed by atoms with van der Waals surface area (Å²) in [7, 11) is 2.12. The van der Waals surface area contributed by atoms with Crippen molar-refractivity contribution in [3.63, 3.8) is 0 Å². The first-order valence-electron chi connectivity index (χ1n) is 5.52. The van der Waals surface area contributed by atoms with Crippen LogP contribution in [0.2, 0.25) is 5.15 Å². The summed E-state index contributed by atoms with van der Waals surface area (Å²) in [5, 5.41) is 0.578. The summed E-state index contributed by atoms with van der Waals surface area (Å²) in [5.41, 5.74) is 1.04. The molecule has 0 spiro atoms. The maximum atomic E-state index is 5.83. The molecule has 1 heterocycles. The lowest BCUT2D eigenvalue weighted by molar-refractivity contribution is 0.314. The van der Waals surface area contributed by atoms with Crippen LogP contribution in [0, 0.1) is 0 Å². The van der Waals surface area contributed by atoms with E-state index in [0.29, 0.717) is 5.15 Å². The summed E-state index contributed by atoms with van der Waals surface area (Å²) in [6.45, 7) is 4.23. The van der Waals surface area contributed by atoms with E-state index in [4.69, 9.17) is 11.6 Å². The Hall–Kier alpha value is -0.600. The fraction of sp³-hybridized carbons (Fsp3) is 0.583. The van der Waals surface area contributed by atoms with Gasteiger partial charge in [-0.2, -0.15) is 0 Å². The highest BCUT2D eigenvalue weighted by Crippen LogP contribution is 2.07. The summed E-state index contributed by atoms with van der Waals surface area (Å²) < 4.78 is 0. The highest BCUT2D eigenvalue weighted by atomic mass is 35.5. The van der Waals surface area contributed by atoms with E-state index < -0.39 is 0 Å². The molecule has 84 valence electrons. The molecule has 0 aliphatic carbocycles. The van der Waals surface area contributed by atoms with Crippen molar-refractivity contribution in [3.8, 4) is 0 Å². The van der Waals surface area contributed by atoms with Crippen LogP contribution in [0.25, 0.3) is 0 Å². The fourth-order valence-electron chi connectivity index (χ4n) is 1.53. The molecule has 0 unspecified atom stereocenters. The van der Waals surface area contributed by atoms with E-state index in [1.165, 1.54) is 19.3 Å². The number of pyridine rings is 1. The molecule has 15 heavy (non-hydrogen) atoms.